The molecule has 0 heterocycles. The molecule has 0 radical (unpaired) electrons. The molecule has 1 aliphatic rings. The Morgan fingerprint density at radius 2 is 1.49 bits per heavy atom. The van der Waals surface area contributed by atoms with Crippen LogP contribution in [0.15, 0.2) is 12.2 Å². The molecule has 0 spiro atoms. The van der Waals surface area contributed by atoms with Gasteiger partial charge in [-0.25, -0.2) is 23.6 Å². The average molecular weight is 626 g/mol. The maximum Gasteiger partial charge on any atom is 0.407 e. The predicted octanol–water partition coefficient (Wildman–Crippen LogP) is 4.62. The van der Waals surface area contributed by atoms with E-state index in [9.17, 15) is 32.3 Å². The van der Waals surface area contributed by atoms with Crippen molar-refractivity contribution < 1.29 is 56.0 Å². The van der Waals surface area contributed by atoms with Gasteiger partial charge in [-0.1, -0.05) is 27.4 Å². The minimum absolute atomic E-state index is 0.00740. The number of carbonyl (C=O) groups is 4. The highest BCUT2D eigenvalue weighted by atomic mass is 19.3. The molecular formula is C28H46F3N3O9. The van der Waals surface area contributed by atoms with Gasteiger partial charge in [0.05, 0.1) is 26.4 Å². The van der Waals surface area contributed by atoms with E-state index in [-0.39, 0.29) is 49.9 Å². The lowest BCUT2D eigenvalue weighted by Gasteiger charge is -2.46. The zero-order valence-electron chi connectivity index (χ0n) is 25.5. The van der Waals surface area contributed by atoms with Crippen molar-refractivity contribution in [2.45, 2.75) is 78.4 Å². The number of amides is 3. The topological polar surface area (TPSA) is 151 Å². The number of rotatable bonds is 18. The number of carbonyl (C=O) groups excluding carboxylic acids is 4. The van der Waals surface area contributed by atoms with Gasteiger partial charge in [0.1, 0.15) is 13.3 Å². The summed E-state index contributed by atoms with van der Waals surface area (Å²) in [6.07, 6.45) is -2.49. The van der Waals surface area contributed by atoms with Gasteiger partial charge in [0.25, 0.3) is 0 Å². The van der Waals surface area contributed by atoms with Crippen LogP contribution in [-0.2, 0) is 28.5 Å². The lowest BCUT2D eigenvalue weighted by molar-refractivity contribution is -0.257. The standard InChI is InChI=1S/C28H46F3N3O9/c1-20(2)22(35)39-14-10-32-23(36)40-11-7-6-8-12-41-24(37)33-18-27(5)16-21(15-26(3,4)17-27)34-25(38)42-19-28(30,31)43-13-9-29/h21H,1,6-19H2,2-5H3,(H,32,36)(H,33,37)(H,34,38). The van der Waals surface area contributed by atoms with Crippen LogP contribution in [0.1, 0.15) is 66.2 Å². The predicted molar refractivity (Wildman–Crippen MR) is 149 cm³/mol. The molecule has 0 bridgehead atoms. The minimum Gasteiger partial charge on any atom is -0.460 e. The fourth-order valence-corrected chi connectivity index (χ4v) is 4.98. The Labute approximate surface area is 250 Å². The van der Waals surface area contributed by atoms with E-state index in [1.54, 1.807) is 0 Å². The summed E-state index contributed by atoms with van der Waals surface area (Å²) in [7, 11) is 0. The molecule has 3 N–H and O–H groups in total. The molecule has 0 saturated heterocycles. The Hall–Kier alpha value is -3.23. The van der Waals surface area contributed by atoms with E-state index in [4.69, 9.17) is 14.2 Å². The summed E-state index contributed by atoms with van der Waals surface area (Å²) in [5.41, 5.74) is -0.372. The molecule has 0 aliphatic heterocycles. The van der Waals surface area contributed by atoms with E-state index in [0.29, 0.717) is 32.1 Å². The van der Waals surface area contributed by atoms with Gasteiger partial charge in [-0.15, -0.1) is 0 Å². The molecule has 0 aromatic carbocycles. The second-order valence-corrected chi connectivity index (χ2v) is 11.7. The minimum atomic E-state index is -3.79. The SMILES string of the molecule is C=C(C)C(=O)OCCNC(=O)OCCCCCOC(=O)NCC1(C)CC(NC(=O)OCC(F)(F)OCCF)CC(C)(C)C1. The third-order valence-corrected chi connectivity index (χ3v) is 6.39. The van der Waals surface area contributed by atoms with Crippen molar-refractivity contribution in [1.82, 2.24) is 16.0 Å². The Kier molecular flexibility index (Phi) is 16.2. The third-order valence-electron chi connectivity index (χ3n) is 6.39. The molecule has 15 heteroatoms. The van der Waals surface area contributed by atoms with Crippen LogP contribution < -0.4 is 16.0 Å². The maximum absolute atomic E-state index is 13.5. The van der Waals surface area contributed by atoms with Crippen LogP contribution in [0, 0.1) is 10.8 Å². The number of unbranched alkanes of at least 4 members (excludes halogenated alkanes) is 2. The van der Waals surface area contributed by atoms with Gasteiger partial charge in [0.15, 0.2) is 6.61 Å². The highest BCUT2D eigenvalue weighted by molar-refractivity contribution is 5.86. The van der Waals surface area contributed by atoms with E-state index in [0.717, 1.165) is 6.42 Å². The smallest absolute Gasteiger partial charge is 0.407 e. The number of hydrogen-bond donors (Lipinski definition) is 3. The van der Waals surface area contributed by atoms with Gasteiger partial charge < -0.3 is 39.6 Å². The molecule has 248 valence electrons. The van der Waals surface area contributed by atoms with E-state index in [1.807, 2.05) is 20.8 Å². The summed E-state index contributed by atoms with van der Waals surface area (Å²) >= 11 is 0. The first-order valence-corrected chi connectivity index (χ1v) is 14.2. The normalized spacial score (nSPS) is 19.5. The van der Waals surface area contributed by atoms with Crippen molar-refractivity contribution in [1.29, 1.82) is 0 Å². The van der Waals surface area contributed by atoms with Crippen LogP contribution >= 0.6 is 0 Å². The fraction of sp³-hybridized carbons (Fsp3) is 0.786. The maximum atomic E-state index is 13.5. The number of nitrogens with one attached hydrogen (secondary N) is 3. The average Bonchev–Trinajstić information content (AvgIpc) is 2.90. The summed E-state index contributed by atoms with van der Waals surface area (Å²) in [6, 6.07) is -0.386. The number of ether oxygens (including phenoxy) is 5. The molecular weight excluding hydrogens is 579 g/mol. The Balaban J connectivity index is 2.27. The largest absolute Gasteiger partial charge is 0.460 e. The van der Waals surface area contributed by atoms with Gasteiger partial charge >= 0.3 is 30.4 Å². The van der Waals surface area contributed by atoms with Crippen LogP contribution in [0.4, 0.5) is 27.6 Å². The van der Waals surface area contributed by atoms with Crippen LogP contribution in [0.5, 0.6) is 0 Å². The van der Waals surface area contributed by atoms with Crippen molar-refractivity contribution in [3.63, 3.8) is 0 Å². The quantitative estimate of drug-likeness (QED) is 0.0858. The summed E-state index contributed by atoms with van der Waals surface area (Å²) in [6.45, 7) is 8.46. The van der Waals surface area contributed by atoms with E-state index in [2.05, 4.69) is 32.0 Å². The summed E-state index contributed by atoms with van der Waals surface area (Å²) in [5.74, 6) is -0.534. The fourth-order valence-electron chi connectivity index (χ4n) is 4.98. The van der Waals surface area contributed by atoms with Gasteiger partial charge in [-0.05, 0) is 56.3 Å². The lowest BCUT2D eigenvalue weighted by Crippen LogP contribution is -2.50. The molecule has 1 fully saturated rings. The Morgan fingerprint density at radius 1 is 0.860 bits per heavy atom. The molecule has 0 aromatic rings. The second-order valence-electron chi connectivity index (χ2n) is 11.7. The van der Waals surface area contributed by atoms with E-state index < -0.39 is 55.7 Å². The van der Waals surface area contributed by atoms with Gasteiger partial charge in [0.2, 0.25) is 0 Å². The van der Waals surface area contributed by atoms with Crippen molar-refractivity contribution in [2.24, 2.45) is 10.8 Å². The lowest BCUT2D eigenvalue weighted by atomic mass is 9.62. The highest BCUT2D eigenvalue weighted by Crippen LogP contribution is 2.45. The first kappa shape index (κ1) is 37.8. The zero-order chi connectivity index (χ0) is 32.5. The zero-order valence-corrected chi connectivity index (χ0v) is 25.5. The summed E-state index contributed by atoms with van der Waals surface area (Å²) < 4.78 is 62.7. The number of esters is 1. The summed E-state index contributed by atoms with van der Waals surface area (Å²) in [4.78, 5) is 47.2. The van der Waals surface area contributed by atoms with Crippen LogP contribution in [-0.4, -0.2) is 89.2 Å². The highest BCUT2D eigenvalue weighted by Gasteiger charge is 2.42. The Morgan fingerprint density at radius 3 is 2.09 bits per heavy atom. The monoisotopic (exact) mass is 625 g/mol. The molecule has 43 heavy (non-hydrogen) atoms. The van der Waals surface area contributed by atoms with E-state index in [1.165, 1.54) is 6.92 Å². The number of hydrogen-bond acceptors (Lipinski definition) is 9. The molecule has 0 aromatic heterocycles. The van der Waals surface area contributed by atoms with Gasteiger partial charge in [0, 0.05) is 18.2 Å². The van der Waals surface area contributed by atoms with Gasteiger partial charge in [-0.2, -0.15) is 8.78 Å². The molecule has 12 nitrogen and oxygen atoms in total. The molecule has 2 atom stereocenters. The molecule has 1 saturated carbocycles. The van der Waals surface area contributed by atoms with Crippen molar-refractivity contribution in [3.8, 4) is 0 Å². The van der Waals surface area contributed by atoms with Crippen molar-refractivity contribution in [3.05, 3.63) is 12.2 Å². The molecule has 2 unspecified atom stereocenters. The number of halogens is 3. The Bertz CT molecular complexity index is 936. The van der Waals surface area contributed by atoms with Crippen molar-refractivity contribution >= 4 is 24.2 Å². The second kappa shape index (κ2) is 18.4. The molecule has 1 aliphatic carbocycles. The first-order valence-electron chi connectivity index (χ1n) is 14.2. The number of alkyl carbamates (subject to hydrolysis) is 3. The molecule has 3 amide bonds. The van der Waals surface area contributed by atoms with Crippen LogP contribution in [0.2, 0.25) is 0 Å². The van der Waals surface area contributed by atoms with Crippen LogP contribution in [0.25, 0.3) is 0 Å². The first-order chi connectivity index (χ1) is 20.1. The van der Waals surface area contributed by atoms with Crippen molar-refractivity contribution in [2.75, 3.05) is 52.8 Å². The summed E-state index contributed by atoms with van der Waals surface area (Å²) in [5, 5.41) is 7.82. The van der Waals surface area contributed by atoms with Gasteiger partial charge in [-0.3, -0.25) is 0 Å². The third kappa shape index (κ3) is 17.5. The van der Waals surface area contributed by atoms with Crippen LogP contribution in [0.3, 0.4) is 0 Å². The molecule has 1 rings (SSSR count). The van der Waals surface area contributed by atoms with E-state index >= 15 is 0 Å². The number of alkyl halides is 3.